The highest BCUT2D eigenvalue weighted by Crippen LogP contribution is 2.25. The van der Waals surface area contributed by atoms with Crippen LogP contribution >= 0.6 is 15.9 Å². The van der Waals surface area contributed by atoms with Crippen LogP contribution in [0.5, 0.6) is 5.75 Å². The van der Waals surface area contributed by atoms with E-state index in [1.54, 1.807) is 7.11 Å². The van der Waals surface area contributed by atoms with E-state index in [9.17, 15) is 0 Å². The lowest BCUT2D eigenvalue weighted by molar-refractivity contribution is 0.0284. The van der Waals surface area contributed by atoms with Crippen molar-refractivity contribution in [1.82, 2.24) is 5.32 Å². The topological polar surface area (TPSA) is 30.5 Å². The Bertz CT molecular complexity index is 406. The second kappa shape index (κ2) is 10.2. The summed E-state index contributed by atoms with van der Waals surface area (Å²) in [6.07, 6.45) is 3.34. The van der Waals surface area contributed by atoms with E-state index in [2.05, 4.69) is 48.1 Å². The van der Waals surface area contributed by atoms with Crippen LogP contribution in [0.2, 0.25) is 0 Å². The predicted octanol–water partition coefficient (Wildman–Crippen LogP) is 4.18. The third-order valence-electron chi connectivity index (χ3n) is 3.55. The number of hydrogen-bond acceptors (Lipinski definition) is 3. The van der Waals surface area contributed by atoms with Crippen molar-refractivity contribution < 1.29 is 9.47 Å². The summed E-state index contributed by atoms with van der Waals surface area (Å²) in [5, 5.41) is 3.58. The summed E-state index contributed by atoms with van der Waals surface area (Å²) in [7, 11) is 1.72. The lowest BCUT2D eigenvalue weighted by atomic mass is 9.97. The molecule has 0 heterocycles. The third-order valence-corrected chi connectivity index (χ3v) is 4.04. The summed E-state index contributed by atoms with van der Waals surface area (Å²) in [4.78, 5) is 0. The van der Waals surface area contributed by atoms with Gasteiger partial charge in [-0.15, -0.1) is 0 Å². The van der Waals surface area contributed by atoms with E-state index in [1.807, 2.05) is 12.1 Å². The molecule has 120 valence electrons. The predicted molar refractivity (Wildman–Crippen MR) is 92.2 cm³/mol. The molecule has 2 atom stereocenters. The molecule has 0 amide bonds. The van der Waals surface area contributed by atoms with Gasteiger partial charge in [0.15, 0.2) is 0 Å². The lowest BCUT2D eigenvalue weighted by Crippen LogP contribution is -2.43. The van der Waals surface area contributed by atoms with Gasteiger partial charge in [0.1, 0.15) is 5.75 Å². The fourth-order valence-electron chi connectivity index (χ4n) is 2.64. The van der Waals surface area contributed by atoms with Crippen LogP contribution in [-0.2, 0) is 11.2 Å². The van der Waals surface area contributed by atoms with Gasteiger partial charge in [-0.05, 0) is 50.1 Å². The van der Waals surface area contributed by atoms with Gasteiger partial charge >= 0.3 is 0 Å². The maximum atomic E-state index is 5.96. The smallest absolute Gasteiger partial charge is 0.122 e. The van der Waals surface area contributed by atoms with Gasteiger partial charge in [-0.2, -0.15) is 0 Å². The standard InChI is InChI=1S/C17H28BrNO2/c1-5-8-17(21-7-3)15(19-6-2)12-13-11-14(18)9-10-16(13)20-4/h9-11,15,17,19H,5-8,12H2,1-4H3. The first-order chi connectivity index (χ1) is 10.2. The molecule has 1 rings (SSSR count). The monoisotopic (exact) mass is 357 g/mol. The maximum Gasteiger partial charge on any atom is 0.122 e. The van der Waals surface area contributed by atoms with Crippen LogP contribution in [0.15, 0.2) is 22.7 Å². The van der Waals surface area contributed by atoms with Gasteiger partial charge in [-0.25, -0.2) is 0 Å². The highest BCUT2D eigenvalue weighted by atomic mass is 79.9. The molecule has 0 aliphatic rings. The zero-order valence-corrected chi connectivity index (χ0v) is 15.2. The van der Waals surface area contributed by atoms with E-state index < -0.39 is 0 Å². The summed E-state index contributed by atoms with van der Waals surface area (Å²) < 4.78 is 12.5. The largest absolute Gasteiger partial charge is 0.496 e. The molecule has 0 aromatic heterocycles. The van der Waals surface area contributed by atoms with E-state index in [-0.39, 0.29) is 6.10 Å². The summed E-state index contributed by atoms with van der Waals surface area (Å²) in [6, 6.07) is 6.46. The van der Waals surface area contributed by atoms with E-state index in [4.69, 9.17) is 9.47 Å². The van der Waals surface area contributed by atoms with Crippen LogP contribution in [0.3, 0.4) is 0 Å². The number of nitrogens with one attached hydrogen (secondary N) is 1. The first kappa shape index (κ1) is 18.5. The molecular formula is C17H28BrNO2. The molecule has 21 heavy (non-hydrogen) atoms. The van der Waals surface area contributed by atoms with Crippen molar-refractivity contribution in [2.75, 3.05) is 20.3 Å². The third kappa shape index (κ3) is 5.97. The Morgan fingerprint density at radius 1 is 1.24 bits per heavy atom. The molecule has 0 aliphatic carbocycles. The van der Waals surface area contributed by atoms with Crippen LogP contribution in [0.1, 0.15) is 39.2 Å². The maximum absolute atomic E-state index is 5.96. The Balaban J connectivity index is 2.92. The number of methoxy groups -OCH3 is 1. The van der Waals surface area contributed by atoms with Gasteiger partial charge in [0.25, 0.3) is 0 Å². The van der Waals surface area contributed by atoms with Crippen molar-refractivity contribution in [1.29, 1.82) is 0 Å². The van der Waals surface area contributed by atoms with Crippen molar-refractivity contribution in [3.8, 4) is 5.75 Å². The molecular weight excluding hydrogens is 330 g/mol. The molecule has 2 unspecified atom stereocenters. The molecule has 0 saturated carbocycles. The Kier molecular flexibility index (Phi) is 8.97. The number of benzene rings is 1. The molecule has 4 heteroatoms. The van der Waals surface area contributed by atoms with Gasteiger partial charge in [0.2, 0.25) is 0 Å². The molecule has 1 aromatic rings. The van der Waals surface area contributed by atoms with Gasteiger partial charge in [0.05, 0.1) is 13.2 Å². The van der Waals surface area contributed by atoms with E-state index in [0.717, 1.165) is 42.6 Å². The average molecular weight is 358 g/mol. The summed E-state index contributed by atoms with van der Waals surface area (Å²) >= 11 is 3.55. The van der Waals surface area contributed by atoms with Gasteiger partial charge in [-0.3, -0.25) is 0 Å². The van der Waals surface area contributed by atoms with Gasteiger partial charge in [-0.1, -0.05) is 36.2 Å². The summed E-state index contributed by atoms with van der Waals surface area (Å²) in [6.45, 7) is 8.09. The van der Waals surface area contributed by atoms with Crippen molar-refractivity contribution in [3.63, 3.8) is 0 Å². The molecule has 1 N–H and O–H groups in total. The molecule has 0 radical (unpaired) electrons. The average Bonchev–Trinajstić information content (AvgIpc) is 2.47. The van der Waals surface area contributed by atoms with Crippen molar-refractivity contribution >= 4 is 15.9 Å². The minimum atomic E-state index is 0.239. The number of hydrogen-bond donors (Lipinski definition) is 1. The van der Waals surface area contributed by atoms with E-state index in [1.165, 1.54) is 5.56 Å². The zero-order valence-electron chi connectivity index (χ0n) is 13.6. The van der Waals surface area contributed by atoms with Crippen molar-refractivity contribution in [2.24, 2.45) is 0 Å². The van der Waals surface area contributed by atoms with Crippen LogP contribution in [0, 0.1) is 0 Å². The highest BCUT2D eigenvalue weighted by molar-refractivity contribution is 9.10. The highest BCUT2D eigenvalue weighted by Gasteiger charge is 2.22. The molecule has 0 aliphatic heterocycles. The van der Waals surface area contributed by atoms with Gasteiger partial charge < -0.3 is 14.8 Å². The van der Waals surface area contributed by atoms with Crippen molar-refractivity contribution in [3.05, 3.63) is 28.2 Å². The second-order valence-electron chi connectivity index (χ2n) is 5.11. The minimum Gasteiger partial charge on any atom is -0.496 e. The van der Waals surface area contributed by atoms with Crippen molar-refractivity contribution in [2.45, 2.75) is 52.2 Å². The molecule has 0 bridgehead atoms. The Hall–Kier alpha value is -0.580. The van der Waals surface area contributed by atoms with E-state index in [0.29, 0.717) is 6.04 Å². The number of ether oxygens (including phenoxy) is 2. The molecule has 1 aromatic carbocycles. The molecule has 0 fully saturated rings. The zero-order chi connectivity index (χ0) is 15.7. The molecule has 0 spiro atoms. The first-order valence-corrected chi connectivity index (χ1v) is 8.62. The fraction of sp³-hybridized carbons (Fsp3) is 0.647. The SMILES string of the molecule is CCCC(OCC)C(Cc1cc(Br)ccc1OC)NCC. The molecule has 3 nitrogen and oxygen atoms in total. The van der Waals surface area contributed by atoms with Crippen LogP contribution in [-0.4, -0.2) is 32.4 Å². The first-order valence-electron chi connectivity index (χ1n) is 7.83. The van der Waals surface area contributed by atoms with Crippen LogP contribution in [0.25, 0.3) is 0 Å². The Morgan fingerprint density at radius 3 is 2.57 bits per heavy atom. The second-order valence-corrected chi connectivity index (χ2v) is 6.02. The van der Waals surface area contributed by atoms with Crippen LogP contribution < -0.4 is 10.1 Å². The van der Waals surface area contributed by atoms with Crippen LogP contribution in [0.4, 0.5) is 0 Å². The number of rotatable bonds is 10. The summed E-state index contributed by atoms with van der Waals surface area (Å²) in [5.41, 5.74) is 1.21. The minimum absolute atomic E-state index is 0.239. The van der Waals surface area contributed by atoms with Gasteiger partial charge in [0, 0.05) is 17.1 Å². The quantitative estimate of drug-likeness (QED) is 0.681. The lowest BCUT2D eigenvalue weighted by Gasteiger charge is -2.28. The summed E-state index contributed by atoms with van der Waals surface area (Å²) in [5.74, 6) is 0.938. The fourth-order valence-corrected chi connectivity index (χ4v) is 3.05. The normalized spacial score (nSPS) is 14.0. The Morgan fingerprint density at radius 2 is 2.00 bits per heavy atom. The Labute approximate surface area is 137 Å². The number of halogens is 1. The van der Waals surface area contributed by atoms with E-state index >= 15 is 0 Å². The molecule has 0 saturated heterocycles. The number of likely N-dealkylation sites (N-methyl/N-ethyl adjacent to an activating group) is 1.